The van der Waals surface area contributed by atoms with Gasteiger partial charge in [-0.25, -0.2) is 4.98 Å². The summed E-state index contributed by atoms with van der Waals surface area (Å²) in [6.07, 6.45) is 3.61. The second kappa shape index (κ2) is 6.06. The largest absolute Gasteiger partial charge is 0.345 e. The smallest absolute Gasteiger partial charge is 0.163 e. The lowest BCUT2D eigenvalue weighted by Gasteiger charge is -2.06. The van der Waals surface area contributed by atoms with Gasteiger partial charge in [0.15, 0.2) is 5.57 Å². The van der Waals surface area contributed by atoms with Crippen molar-refractivity contribution in [3.63, 3.8) is 0 Å². The standard InChI is InChI=1S/C15H10N6/c1-11-9-21(10-19-11)14-4-2-13(3-5-14)20-15(8-18)12(6-16)7-17/h2-5,9-10,20H,1H3. The van der Waals surface area contributed by atoms with Crippen molar-refractivity contribution in [2.75, 3.05) is 5.32 Å². The number of nitriles is 3. The van der Waals surface area contributed by atoms with E-state index < -0.39 is 0 Å². The van der Waals surface area contributed by atoms with Crippen LogP contribution in [0, 0.1) is 40.9 Å². The SMILES string of the molecule is Cc1cn(-c2ccc(NC(C#N)=C(C#N)C#N)cc2)cn1. The highest BCUT2D eigenvalue weighted by Gasteiger charge is 2.06. The summed E-state index contributed by atoms with van der Waals surface area (Å²) in [4.78, 5) is 4.15. The summed E-state index contributed by atoms with van der Waals surface area (Å²) in [5.74, 6) is 0. The van der Waals surface area contributed by atoms with E-state index in [2.05, 4.69) is 10.3 Å². The Bertz CT molecular complexity index is 790. The van der Waals surface area contributed by atoms with Crippen LogP contribution in [0.4, 0.5) is 5.69 Å². The van der Waals surface area contributed by atoms with Crippen LogP contribution in [0.2, 0.25) is 0 Å². The Balaban J connectivity index is 2.25. The van der Waals surface area contributed by atoms with E-state index in [9.17, 15) is 0 Å². The minimum absolute atomic E-state index is 0.0637. The van der Waals surface area contributed by atoms with Gasteiger partial charge in [0.1, 0.15) is 23.9 Å². The van der Waals surface area contributed by atoms with Gasteiger partial charge < -0.3 is 9.88 Å². The fourth-order valence-corrected chi connectivity index (χ4v) is 1.71. The molecule has 0 saturated heterocycles. The zero-order chi connectivity index (χ0) is 15.2. The highest BCUT2D eigenvalue weighted by Crippen LogP contribution is 2.16. The lowest BCUT2D eigenvalue weighted by Crippen LogP contribution is -2.00. The summed E-state index contributed by atoms with van der Waals surface area (Å²) >= 11 is 0. The van der Waals surface area contributed by atoms with Crippen molar-refractivity contribution >= 4 is 5.69 Å². The Labute approximate surface area is 121 Å². The molecule has 21 heavy (non-hydrogen) atoms. The maximum atomic E-state index is 8.97. The summed E-state index contributed by atoms with van der Waals surface area (Å²) in [5, 5.41) is 29.3. The zero-order valence-corrected chi connectivity index (χ0v) is 11.2. The molecule has 0 aliphatic carbocycles. The van der Waals surface area contributed by atoms with Crippen LogP contribution in [-0.4, -0.2) is 9.55 Å². The van der Waals surface area contributed by atoms with Crippen LogP contribution in [0.15, 0.2) is 48.1 Å². The van der Waals surface area contributed by atoms with Crippen LogP contribution >= 0.6 is 0 Å². The number of allylic oxidation sites excluding steroid dienone is 2. The lowest BCUT2D eigenvalue weighted by atomic mass is 10.2. The molecule has 0 amide bonds. The predicted molar refractivity (Wildman–Crippen MR) is 75.8 cm³/mol. The first-order valence-corrected chi connectivity index (χ1v) is 6.00. The van der Waals surface area contributed by atoms with Gasteiger partial charge in [-0.1, -0.05) is 0 Å². The first-order valence-electron chi connectivity index (χ1n) is 6.00. The first kappa shape index (κ1) is 13.9. The molecule has 6 nitrogen and oxygen atoms in total. The number of hydrogen-bond acceptors (Lipinski definition) is 5. The fourth-order valence-electron chi connectivity index (χ4n) is 1.71. The average molecular weight is 274 g/mol. The number of aromatic nitrogens is 2. The van der Waals surface area contributed by atoms with Gasteiger partial charge in [0.05, 0.1) is 12.0 Å². The minimum atomic E-state index is -0.244. The van der Waals surface area contributed by atoms with Crippen LogP contribution in [0.1, 0.15) is 5.69 Å². The maximum Gasteiger partial charge on any atom is 0.163 e. The van der Waals surface area contributed by atoms with E-state index in [1.54, 1.807) is 30.6 Å². The number of rotatable bonds is 3. The number of nitrogens with one attached hydrogen (secondary N) is 1. The van der Waals surface area contributed by atoms with Crippen molar-refractivity contribution < 1.29 is 0 Å². The number of anilines is 1. The monoisotopic (exact) mass is 274 g/mol. The molecular formula is C15H10N6. The molecule has 1 aromatic heterocycles. The molecule has 2 aromatic rings. The van der Waals surface area contributed by atoms with E-state index in [1.807, 2.05) is 35.9 Å². The van der Waals surface area contributed by atoms with E-state index in [1.165, 1.54) is 0 Å². The van der Waals surface area contributed by atoms with Crippen molar-refractivity contribution in [2.24, 2.45) is 0 Å². The van der Waals surface area contributed by atoms with Gasteiger partial charge in [-0.15, -0.1) is 0 Å². The Morgan fingerprint density at radius 2 is 1.76 bits per heavy atom. The lowest BCUT2D eigenvalue weighted by molar-refractivity contribution is 1.06. The molecule has 0 atom stereocenters. The quantitative estimate of drug-likeness (QED) is 0.866. The number of imidazole rings is 1. The summed E-state index contributed by atoms with van der Waals surface area (Å²) in [6, 6.07) is 12.4. The topological polar surface area (TPSA) is 101 Å². The number of nitrogens with zero attached hydrogens (tertiary/aromatic N) is 5. The van der Waals surface area contributed by atoms with Crippen LogP contribution in [0.5, 0.6) is 0 Å². The number of benzene rings is 1. The number of aryl methyl sites for hydroxylation is 1. The fraction of sp³-hybridized carbons (Fsp3) is 0.0667. The molecule has 0 saturated carbocycles. The normalized spacial score (nSPS) is 9.05. The second-order valence-electron chi connectivity index (χ2n) is 4.18. The Kier molecular flexibility index (Phi) is 4.00. The Morgan fingerprint density at radius 1 is 1.10 bits per heavy atom. The molecule has 6 heteroatoms. The molecule has 0 unspecified atom stereocenters. The Morgan fingerprint density at radius 3 is 2.24 bits per heavy atom. The van der Waals surface area contributed by atoms with Crippen LogP contribution < -0.4 is 5.32 Å². The summed E-state index contributed by atoms with van der Waals surface area (Å²) in [7, 11) is 0. The van der Waals surface area contributed by atoms with Crippen LogP contribution in [0.3, 0.4) is 0 Å². The molecule has 0 spiro atoms. The third kappa shape index (κ3) is 3.07. The van der Waals surface area contributed by atoms with Crippen LogP contribution in [0.25, 0.3) is 5.69 Å². The van der Waals surface area contributed by atoms with Crippen LogP contribution in [-0.2, 0) is 0 Å². The molecule has 0 aliphatic rings. The molecule has 1 aromatic carbocycles. The third-order valence-corrected chi connectivity index (χ3v) is 2.73. The highest BCUT2D eigenvalue weighted by atomic mass is 15.0. The van der Waals surface area contributed by atoms with Gasteiger partial charge >= 0.3 is 0 Å². The van der Waals surface area contributed by atoms with Crippen molar-refractivity contribution in [2.45, 2.75) is 6.92 Å². The van der Waals surface area contributed by atoms with Crippen molar-refractivity contribution in [1.29, 1.82) is 15.8 Å². The van der Waals surface area contributed by atoms with Gasteiger partial charge in [0.25, 0.3) is 0 Å². The van der Waals surface area contributed by atoms with Crippen molar-refractivity contribution in [3.8, 4) is 23.9 Å². The van der Waals surface area contributed by atoms with E-state index in [0.29, 0.717) is 5.69 Å². The average Bonchev–Trinajstić information content (AvgIpc) is 2.94. The molecule has 1 heterocycles. The highest BCUT2D eigenvalue weighted by molar-refractivity contribution is 5.59. The summed E-state index contributed by atoms with van der Waals surface area (Å²) < 4.78 is 1.87. The molecule has 0 radical (unpaired) electrons. The molecule has 0 fully saturated rings. The van der Waals surface area contributed by atoms with Crippen molar-refractivity contribution in [1.82, 2.24) is 9.55 Å². The second-order valence-corrected chi connectivity index (χ2v) is 4.18. The zero-order valence-electron chi connectivity index (χ0n) is 11.2. The van der Waals surface area contributed by atoms with Gasteiger partial charge in [-0.05, 0) is 31.2 Å². The van der Waals surface area contributed by atoms with E-state index in [-0.39, 0.29) is 11.3 Å². The summed E-state index contributed by atoms with van der Waals surface area (Å²) in [6.45, 7) is 1.90. The molecule has 1 N–H and O–H groups in total. The van der Waals surface area contributed by atoms with E-state index in [0.717, 1.165) is 11.4 Å². The maximum absolute atomic E-state index is 8.97. The van der Waals surface area contributed by atoms with Gasteiger partial charge in [0, 0.05) is 17.6 Å². The summed E-state index contributed by atoms with van der Waals surface area (Å²) in [5.41, 5.74) is 2.15. The van der Waals surface area contributed by atoms with Gasteiger partial charge in [-0.2, -0.15) is 15.8 Å². The molecule has 2 rings (SSSR count). The van der Waals surface area contributed by atoms with Gasteiger partial charge in [-0.3, -0.25) is 0 Å². The van der Waals surface area contributed by atoms with E-state index >= 15 is 0 Å². The van der Waals surface area contributed by atoms with Crippen molar-refractivity contribution in [3.05, 3.63) is 53.8 Å². The minimum Gasteiger partial charge on any atom is -0.345 e. The molecule has 0 bridgehead atoms. The molecule has 0 aliphatic heterocycles. The third-order valence-electron chi connectivity index (χ3n) is 2.73. The molecular weight excluding hydrogens is 264 g/mol. The predicted octanol–water partition coefficient (Wildman–Crippen LogP) is 2.42. The van der Waals surface area contributed by atoms with Gasteiger partial charge in [0.2, 0.25) is 0 Å². The van der Waals surface area contributed by atoms with E-state index in [4.69, 9.17) is 15.8 Å². The molecule has 100 valence electrons. The number of hydrogen-bond donors (Lipinski definition) is 1. The Hall–Kier alpha value is -3.56. The first-order chi connectivity index (χ1) is 10.2.